The molecule has 2 amide bonds. The van der Waals surface area contributed by atoms with Crippen LogP contribution in [0.4, 0.5) is 0 Å². The van der Waals surface area contributed by atoms with Crippen LogP contribution < -0.4 is 10.0 Å². The summed E-state index contributed by atoms with van der Waals surface area (Å²) in [4.78, 5) is 53.1. The lowest BCUT2D eigenvalue weighted by Crippen LogP contribution is -2.56. The fourth-order valence-electron chi connectivity index (χ4n) is 3.93. The summed E-state index contributed by atoms with van der Waals surface area (Å²) in [6.07, 6.45) is 1.56. The number of likely N-dealkylation sites (tertiary alicyclic amines) is 1. The number of ketones is 1. The van der Waals surface area contributed by atoms with E-state index in [2.05, 4.69) is 25.4 Å². The number of nitrogens with zero attached hydrogens (tertiary/aromatic N) is 5. The lowest BCUT2D eigenvalue weighted by molar-refractivity contribution is -0.143. The number of Topliss-reactive ketones (excluding diaryl/α,β-unsaturated/α-hetero) is 1. The maximum Gasteiger partial charge on any atom is 0.305 e. The van der Waals surface area contributed by atoms with Crippen molar-refractivity contribution in [3.63, 3.8) is 0 Å². The number of hydrogen-bond donors (Lipinski definition) is 3. The fourth-order valence-corrected chi connectivity index (χ4v) is 6.02. The van der Waals surface area contributed by atoms with E-state index in [0.717, 1.165) is 22.8 Å². The number of carboxylic acid groups (broad SMARTS) is 1. The summed E-state index contributed by atoms with van der Waals surface area (Å²) in [7, 11) is -3.68. The molecule has 218 valence electrons. The summed E-state index contributed by atoms with van der Waals surface area (Å²) in [5.74, 6) is -3.41. The molecule has 1 aliphatic rings. The van der Waals surface area contributed by atoms with Crippen LogP contribution in [0.25, 0.3) is 0 Å². The molecule has 0 spiro atoms. The van der Waals surface area contributed by atoms with Crippen molar-refractivity contribution in [2.45, 2.75) is 67.3 Å². The zero-order chi connectivity index (χ0) is 29.6. The largest absolute Gasteiger partial charge is 0.481 e. The van der Waals surface area contributed by atoms with E-state index in [4.69, 9.17) is 23.2 Å². The van der Waals surface area contributed by atoms with Gasteiger partial charge >= 0.3 is 5.97 Å². The first-order chi connectivity index (χ1) is 18.7. The van der Waals surface area contributed by atoms with Gasteiger partial charge in [-0.3, -0.25) is 19.2 Å². The van der Waals surface area contributed by atoms with Crippen LogP contribution in [0.1, 0.15) is 32.6 Å². The van der Waals surface area contributed by atoms with E-state index >= 15 is 0 Å². The molecule has 0 radical (unpaired) electrons. The Kier molecular flexibility index (Phi) is 10.9. The number of carboxylic acids is 1. The van der Waals surface area contributed by atoms with E-state index in [1.54, 1.807) is 18.2 Å². The van der Waals surface area contributed by atoms with Gasteiger partial charge in [-0.2, -0.15) is 4.80 Å². The van der Waals surface area contributed by atoms with E-state index in [9.17, 15) is 32.7 Å². The van der Waals surface area contributed by atoms with Crippen molar-refractivity contribution in [3.8, 4) is 0 Å². The van der Waals surface area contributed by atoms with Crippen LogP contribution in [-0.2, 0) is 35.7 Å². The van der Waals surface area contributed by atoms with E-state index in [1.165, 1.54) is 11.8 Å². The highest BCUT2D eigenvalue weighted by molar-refractivity contribution is 7.99. The predicted molar refractivity (Wildman–Crippen MR) is 144 cm³/mol. The van der Waals surface area contributed by atoms with Gasteiger partial charge < -0.3 is 15.3 Å². The molecule has 2 aromatic rings. The number of tetrazole rings is 1. The lowest BCUT2D eigenvalue weighted by Gasteiger charge is -2.30. The molecule has 14 nitrogen and oxygen atoms in total. The first-order valence-electron chi connectivity index (χ1n) is 12.0. The Labute approximate surface area is 244 Å². The third-order valence-electron chi connectivity index (χ3n) is 5.85. The van der Waals surface area contributed by atoms with Crippen LogP contribution in [0.3, 0.4) is 0 Å². The zero-order valence-electron chi connectivity index (χ0n) is 21.4. The molecule has 3 atom stereocenters. The fraction of sp³-hybridized carbons (Fsp3) is 0.500. The number of nitrogens with one attached hydrogen (secondary N) is 2. The van der Waals surface area contributed by atoms with Gasteiger partial charge in [0.2, 0.25) is 27.0 Å². The Bertz CT molecular complexity index is 1370. The number of benzene rings is 1. The third kappa shape index (κ3) is 8.86. The second-order valence-electron chi connectivity index (χ2n) is 9.03. The van der Waals surface area contributed by atoms with Gasteiger partial charge in [-0.05, 0) is 55.3 Å². The number of aliphatic carboxylic acids is 1. The summed E-state index contributed by atoms with van der Waals surface area (Å²) in [6.45, 7) is 1.10. The highest BCUT2D eigenvalue weighted by Gasteiger charge is 2.35. The lowest BCUT2D eigenvalue weighted by atomic mass is 10.1. The van der Waals surface area contributed by atoms with Crippen molar-refractivity contribution in [3.05, 3.63) is 28.2 Å². The molecule has 1 saturated heterocycles. The molecule has 18 heteroatoms. The number of aromatic nitrogens is 4. The topological polar surface area (TPSA) is 194 Å². The van der Waals surface area contributed by atoms with E-state index in [1.807, 2.05) is 0 Å². The number of amides is 2. The molecule has 0 saturated carbocycles. The maximum atomic E-state index is 13.0. The Balaban J connectivity index is 1.69. The van der Waals surface area contributed by atoms with Gasteiger partial charge in [0.1, 0.15) is 24.7 Å². The van der Waals surface area contributed by atoms with Gasteiger partial charge in [-0.25, -0.2) is 13.1 Å². The van der Waals surface area contributed by atoms with Gasteiger partial charge in [-0.1, -0.05) is 29.3 Å². The Morgan fingerprint density at radius 1 is 1.23 bits per heavy atom. The minimum absolute atomic E-state index is 0.132. The van der Waals surface area contributed by atoms with Gasteiger partial charge in [0, 0.05) is 6.54 Å². The molecule has 1 unspecified atom stereocenters. The standard InChI is InChI=1S/C22H27Cl2N7O7S2/c1-12(30-9-4-3-8-15(21(30)36)28-40(2,37)38)20(35)25-16(10-18(33)34)17(32)11-31-27-22(26-29-31)39-19-13(23)6-5-7-14(19)24/h5-7,12,15-16,28H,3-4,8-11H2,1-2H3,(H,25,35)(H,33,34)/t12-,15-,16?/m0/s1. The molecular weight excluding hydrogens is 609 g/mol. The molecular formula is C22H27Cl2N7O7S2. The molecule has 2 heterocycles. The molecule has 0 aliphatic carbocycles. The SMILES string of the molecule is C[C@@H](C(=O)NC(CC(=O)O)C(=O)Cn1nnc(Sc2c(Cl)cccc2Cl)n1)N1CCCC[C@H](NS(C)(=O)=O)C1=O. The predicted octanol–water partition coefficient (Wildman–Crippen LogP) is 0.978. The van der Waals surface area contributed by atoms with Crippen molar-refractivity contribution in [1.82, 2.24) is 35.1 Å². The second kappa shape index (κ2) is 13.7. The Morgan fingerprint density at radius 3 is 2.52 bits per heavy atom. The average Bonchev–Trinajstić information content (AvgIpc) is 3.22. The van der Waals surface area contributed by atoms with Crippen LogP contribution in [0.5, 0.6) is 0 Å². The Hall–Kier alpha value is -2.79. The Morgan fingerprint density at radius 2 is 1.90 bits per heavy atom. The highest BCUT2D eigenvalue weighted by atomic mass is 35.5. The summed E-state index contributed by atoms with van der Waals surface area (Å²) in [5.41, 5.74) is 0. The summed E-state index contributed by atoms with van der Waals surface area (Å²) >= 11 is 13.3. The van der Waals surface area contributed by atoms with E-state index in [-0.39, 0.29) is 18.1 Å². The van der Waals surface area contributed by atoms with Crippen LogP contribution in [0, 0.1) is 0 Å². The number of rotatable bonds is 12. The normalized spacial score (nSPS) is 17.6. The van der Waals surface area contributed by atoms with E-state index in [0.29, 0.717) is 27.8 Å². The summed E-state index contributed by atoms with van der Waals surface area (Å²) in [5, 5.41) is 24.3. The molecule has 1 aromatic heterocycles. The van der Waals surface area contributed by atoms with Gasteiger partial charge in [0.15, 0.2) is 5.78 Å². The average molecular weight is 637 g/mol. The molecule has 1 aliphatic heterocycles. The van der Waals surface area contributed by atoms with Crippen LogP contribution in [0.15, 0.2) is 28.3 Å². The minimum Gasteiger partial charge on any atom is -0.481 e. The molecule has 40 heavy (non-hydrogen) atoms. The van der Waals surface area contributed by atoms with Crippen LogP contribution in [0.2, 0.25) is 10.0 Å². The van der Waals surface area contributed by atoms with Crippen LogP contribution in [-0.4, -0.2) is 93.1 Å². The first-order valence-corrected chi connectivity index (χ1v) is 15.4. The monoisotopic (exact) mass is 635 g/mol. The van der Waals surface area contributed by atoms with Crippen molar-refractivity contribution in [1.29, 1.82) is 0 Å². The van der Waals surface area contributed by atoms with E-state index < -0.39 is 64.7 Å². The summed E-state index contributed by atoms with van der Waals surface area (Å²) < 4.78 is 25.6. The molecule has 1 aromatic carbocycles. The maximum absolute atomic E-state index is 13.0. The summed E-state index contributed by atoms with van der Waals surface area (Å²) in [6, 6.07) is 1.33. The zero-order valence-corrected chi connectivity index (χ0v) is 24.6. The van der Waals surface area contributed by atoms with Crippen molar-refractivity contribution < 1.29 is 32.7 Å². The number of sulfonamides is 1. The third-order valence-corrected chi connectivity index (χ3v) is 8.41. The van der Waals surface area contributed by atoms with Crippen molar-refractivity contribution in [2.75, 3.05) is 12.8 Å². The second-order valence-corrected chi connectivity index (χ2v) is 12.6. The number of carbonyl (C=O) groups excluding carboxylic acids is 3. The van der Waals surface area contributed by atoms with Crippen LogP contribution >= 0.6 is 35.0 Å². The molecule has 0 bridgehead atoms. The van der Waals surface area contributed by atoms with Crippen molar-refractivity contribution in [2.24, 2.45) is 0 Å². The molecule has 1 fully saturated rings. The smallest absolute Gasteiger partial charge is 0.305 e. The van der Waals surface area contributed by atoms with Crippen molar-refractivity contribution >= 4 is 68.6 Å². The van der Waals surface area contributed by atoms with Gasteiger partial charge in [0.05, 0.1) is 27.6 Å². The first kappa shape index (κ1) is 31.7. The molecule has 3 N–H and O–H groups in total. The molecule has 3 rings (SSSR count). The number of hydrogen-bond acceptors (Lipinski definition) is 10. The number of halogens is 2. The van der Waals surface area contributed by atoms with Gasteiger partial charge in [0.25, 0.3) is 0 Å². The quantitative estimate of drug-likeness (QED) is 0.301. The highest BCUT2D eigenvalue weighted by Crippen LogP contribution is 2.36. The van der Waals surface area contributed by atoms with Gasteiger partial charge in [-0.15, -0.1) is 10.2 Å². The number of carbonyl (C=O) groups is 4. The minimum atomic E-state index is -3.68.